The first-order chi connectivity index (χ1) is 12.3. The van der Waals surface area contributed by atoms with Crippen molar-refractivity contribution >= 4 is 23.1 Å². The molecule has 2 rings (SSSR count). The average molecular weight is 366 g/mol. The van der Waals surface area contributed by atoms with Crippen molar-refractivity contribution in [3.63, 3.8) is 0 Å². The SMILES string of the molecule is COC(=O)Nc1ccccc1/C(ON)=C(/C)c1cccc(C(F)(F)F)c1. The van der Waals surface area contributed by atoms with Gasteiger partial charge in [-0.05, 0) is 36.8 Å². The number of carbonyl (C=O) groups excluding carboxylic acids is 1. The molecule has 5 nitrogen and oxygen atoms in total. The molecular weight excluding hydrogens is 349 g/mol. The number of amides is 1. The van der Waals surface area contributed by atoms with Gasteiger partial charge in [0, 0.05) is 11.1 Å². The number of hydrogen-bond acceptors (Lipinski definition) is 4. The van der Waals surface area contributed by atoms with Crippen LogP contribution < -0.4 is 11.2 Å². The van der Waals surface area contributed by atoms with Gasteiger partial charge in [0.2, 0.25) is 0 Å². The second kappa shape index (κ2) is 7.92. The van der Waals surface area contributed by atoms with Gasteiger partial charge in [0.1, 0.15) is 0 Å². The van der Waals surface area contributed by atoms with E-state index in [0.717, 1.165) is 12.1 Å². The highest BCUT2D eigenvalue weighted by atomic mass is 19.4. The molecule has 0 unspecified atom stereocenters. The zero-order valence-electron chi connectivity index (χ0n) is 14.1. The van der Waals surface area contributed by atoms with Crippen molar-refractivity contribution in [2.45, 2.75) is 13.1 Å². The third-order valence-electron chi connectivity index (χ3n) is 3.68. The van der Waals surface area contributed by atoms with E-state index < -0.39 is 17.8 Å². The van der Waals surface area contributed by atoms with Gasteiger partial charge in [-0.25, -0.2) is 4.79 Å². The zero-order valence-corrected chi connectivity index (χ0v) is 14.1. The Morgan fingerprint density at radius 1 is 1.12 bits per heavy atom. The molecule has 0 fully saturated rings. The summed E-state index contributed by atoms with van der Waals surface area (Å²) in [4.78, 5) is 16.4. The van der Waals surface area contributed by atoms with Gasteiger partial charge in [-0.15, -0.1) is 0 Å². The molecular formula is C18H17F3N2O3. The second-order valence-corrected chi connectivity index (χ2v) is 5.31. The van der Waals surface area contributed by atoms with Crippen LogP contribution in [-0.4, -0.2) is 13.2 Å². The number of anilines is 1. The van der Waals surface area contributed by atoms with Gasteiger partial charge < -0.3 is 9.57 Å². The monoisotopic (exact) mass is 366 g/mol. The van der Waals surface area contributed by atoms with Gasteiger partial charge in [-0.1, -0.05) is 24.3 Å². The Hall–Kier alpha value is -3.00. The molecule has 0 saturated heterocycles. The number of methoxy groups -OCH3 is 1. The number of hydrogen-bond donors (Lipinski definition) is 2. The first-order valence-electron chi connectivity index (χ1n) is 7.47. The highest BCUT2D eigenvalue weighted by molar-refractivity contribution is 5.94. The molecule has 0 aliphatic rings. The lowest BCUT2D eigenvalue weighted by Crippen LogP contribution is -2.13. The standard InChI is InChI=1S/C18H17F3N2O3/c1-11(12-6-5-7-13(10-12)18(19,20)21)16(26-22)14-8-3-4-9-15(14)23-17(24)25-2/h3-10H,22H2,1-2H3,(H,23,24)/b16-11+. The summed E-state index contributed by atoms with van der Waals surface area (Å²) in [5.41, 5.74) is 0.610. The number of carbonyl (C=O) groups is 1. The van der Waals surface area contributed by atoms with Crippen LogP contribution >= 0.6 is 0 Å². The second-order valence-electron chi connectivity index (χ2n) is 5.31. The molecule has 1 amide bonds. The van der Waals surface area contributed by atoms with Gasteiger partial charge in [-0.3, -0.25) is 5.32 Å². The van der Waals surface area contributed by atoms with Gasteiger partial charge in [0.05, 0.1) is 18.4 Å². The van der Waals surface area contributed by atoms with Crippen molar-refractivity contribution in [3.8, 4) is 0 Å². The van der Waals surface area contributed by atoms with Crippen molar-refractivity contribution in [3.05, 3.63) is 65.2 Å². The molecule has 0 bridgehead atoms. The smallest absolute Gasteiger partial charge is 0.416 e. The number of alkyl halides is 3. The quantitative estimate of drug-likeness (QED) is 0.469. The van der Waals surface area contributed by atoms with Crippen LogP contribution in [0.2, 0.25) is 0 Å². The van der Waals surface area contributed by atoms with Gasteiger partial charge in [0.15, 0.2) is 5.76 Å². The van der Waals surface area contributed by atoms with Crippen molar-refractivity contribution in [1.82, 2.24) is 0 Å². The number of nitrogens with one attached hydrogen (secondary N) is 1. The van der Waals surface area contributed by atoms with Crippen LogP contribution in [-0.2, 0) is 15.8 Å². The molecule has 26 heavy (non-hydrogen) atoms. The Morgan fingerprint density at radius 3 is 2.42 bits per heavy atom. The van der Waals surface area contributed by atoms with Crippen LogP contribution in [0, 0.1) is 0 Å². The topological polar surface area (TPSA) is 73.6 Å². The Balaban J connectivity index is 2.55. The molecule has 8 heteroatoms. The van der Waals surface area contributed by atoms with E-state index in [2.05, 4.69) is 10.1 Å². The first kappa shape index (κ1) is 19.3. The Bertz CT molecular complexity index is 832. The summed E-state index contributed by atoms with van der Waals surface area (Å²) < 4.78 is 43.4. The fraction of sp³-hybridized carbons (Fsp3) is 0.167. The summed E-state index contributed by atoms with van der Waals surface area (Å²) >= 11 is 0. The van der Waals surface area contributed by atoms with E-state index in [9.17, 15) is 18.0 Å². The van der Waals surface area contributed by atoms with E-state index in [-0.39, 0.29) is 11.3 Å². The highest BCUT2D eigenvalue weighted by Gasteiger charge is 2.30. The van der Waals surface area contributed by atoms with Gasteiger partial charge in [0.25, 0.3) is 0 Å². The predicted octanol–water partition coefficient (Wildman–Crippen LogP) is 4.66. The number of halogens is 3. The minimum Gasteiger partial charge on any atom is -0.453 e. The minimum absolute atomic E-state index is 0.122. The lowest BCUT2D eigenvalue weighted by atomic mass is 9.99. The van der Waals surface area contributed by atoms with E-state index in [1.165, 1.54) is 19.2 Å². The summed E-state index contributed by atoms with van der Waals surface area (Å²) in [6, 6.07) is 11.3. The largest absolute Gasteiger partial charge is 0.453 e. The highest BCUT2D eigenvalue weighted by Crippen LogP contribution is 2.34. The summed E-state index contributed by atoms with van der Waals surface area (Å²) in [5, 5.41) is 2.51. The Labute approximate surface area is 148 Å². The summed E-state index contributed by atoms with van der Waals surface area (Å²) in [5.74, 6) is 5.50. The van der Waals surface area contributed by atoms with E-state index in [0.29, 0.717) is 16.8 Å². The van der Waals surface area contributed by atoms with Crippen molar-refractivity contribution in [2.24, 2.45) is 5.90 Å². The summed E-state index contributed by atoms with van der Waals surface area (Å²) in [6.07, 6.45) is -5.17. The van der Waals surface area contributed by atoms with Crippen molar-refractivity contribution in [1.29, 1.82) is 0 Å². The van der Waals surface area contributed by atoms with E-state index in [4.69, 9.17) is 10.7 Å². The van der Waals surface area contributed by atoms with Crippen molar-refractivity contribution < 1.29 is 27.5 Å². The third-order valence-corrected chi connectivity index (χ3v) is 3.68. The first-order valence-corrected chi connectivity index (χ1v) is 7.47. The van der Waals surface area contributed by atoms with Crippen LogP contribution in [0.3, 0.4) is 0 Å². The number of allylic oxidation sites excluding steroid dienone is 1. The summed E-state index contributed by atoms with van der Waals surface area (Å²) in [6.45, 7) is 1.58. The van der Waals surface area contributed by atoms with E-state index >= 15 is 0 Å². The van der Waals surface area contributed by atoms with Crippen LogP contribution in [0.15, 0.2) is 48.5 Å². The molecule has 2 aromatic rings. The minimum atomic E-state index is -4.47. The maximum absolute atomic E-state index is 13.0. The molecule has 0 aliphatic heterocycles. The van der Waals surface area contributed by atoms with Gasteiger partial charge in [-0.2, -0.15) is 19.1 Å². The van der Waals surface area contributed by atoms with E-state index in [1.807, 2.05) is 0 Å². The number of nitrogens with two attached hydrogens (primary N) is 1. The van der Waals surface area contributed by atoms with Crippen molar-refractivity contribution in [2.75, 3.05) is 12.4 Å². The molecule has 0 atom stereocenters. The number of ether oxygens (including phenoxy) is 1. The van der Waals surface area contributed by atoms with Crippen LogP contribution in [0.1, 0.15) is 23.6 Å². The van der Waals surface area contributed by atoms with Crippen LogP contribution in [0.25, 0.3) is 11.3 Å². The molecule has 0 spiro atoms. The van der Waals surface area contributed by atoms with E-state index in [1.54, 1.807) is 31.2 Å². The zero-order chi connectivity index (χ0) is 19.3. The summed E-state index contributed by atoms with van der Waals surface area (Å²) in [7, 11) is 1.21. The third kappa shape index (κ3) is 4.34. The maximum atomic E-state index is 13.0. The lowest BCUT2D eigenvalue weighted by Gasteiger charge is -2.16. The molecule has 0 aromatic heterocycles. The fourth-order valence-corrected chi connectivity index (χ4v) is 2.36. The van der Waals surface area contributed by atoms with Crippen LogP contribution in [0.4, 0.5) is 23.7 Å². The molecule has 138 valence electrons. The Kier molecular flexibility index (Phi) is 5.89. The van der Waals surface area contributed by atoms with Gasteiger partial charge >= 0.3 is 12.3 Å². The predicted molar refractivity (Wildman–Crippen MR) is 91.7 cm³/mol. The fourth-order valence-electron chi connectivity index (χ4n) is 2.36. The molecule has 2 aromatic carbocycles. The molecule has 3 N–H and O–H groups in total. The molecule has 0 saturated carbocycles. The molecule has 0 aliphatic carbocycles. The van der Waals surface area contributed by atoms with Crippen LogP contribution in [0.5, 0.6) is 0 Å². The number of para-hydroxylation sites is 1. The molecule has 0 radical (unpaired) electrons. The molecule has 0 heterocycles. The Morgan fingerprint density at radius 2 is 1.81 bits per heavy atom. The maximum Gasteiger partial charge on any atom is 0.416 e. The lowest BCUT2D eigenvalue weighted by molar-refractivity contribution is -0.137. The number of rotatable bonds is 4. The number of benzene rings is 2. The normalized spacial score (nSPS) is 12.2. The average Bonchev–Trinajstić information content (AvgIpc) is 2.62.